The Morgan fingerprint density at radius 3 is 1.52 bits per heavy atom. The number of halogens is 6. The fourth-order valence-electron chi connectivity index (χ4n) is 4.38. The van der Waals surface area contributed by atoms with Crippen molar-refractivity contribution in [3.05, 3.63) is 144 Å². The molecule has 0 radical (unpaired) electrons. The van der Waals surface area contributed by atoms with Crippen molar-refractivity contribution in [2.24, 2.45) is 4.99 Å². The monoisotopic (exact) mass is 698 g/mol. The van der Waals surface area contributed by atoms with E-state index >= 15 is 0 Å². The van der Waals surface area contributed by atoms with Crippen molar-refractivity contribution in [2.75, 3.05) is 0 Å². The molecule has 0 spiro atoms. The zero-order chi connectivity index (χ0) is 33.7. The van der Waals surface area contributed by atoms with Gasteiger partial charge in [-0.1, -0.05) is 129 Å². The van der Waals surface area contributed by atoms with Gasteiger partial charge in [0.05, 0.1) is 12.0 Å². The summed E-state index contributed by atoms with van der Waals surface area (Å²) in [6, 6.07) is 26.0. The number of nitrogens with zero attached hydrogens (tertiary/aromatic N) is 1. The maximum atomic E-state index is 13.3. The second-order valence-electron chi connectivity index (χ2n) is 10.00. The van der Waals surface area contributed by atoms with Crippen LogP contribution in [0, 0.1) is 0 Å². The number of rotatable bonds is 11. The Balaban J connectivity index is 0.000000461. The zero-order valence-electron chi connectivity index (χ0n) is 25.1. The first-order chi connectivity index (χ1) is 21.8. The van der Waals surface area contributed by atoms with Crippen molar-refractivity contribution in [3.8, 4) is 0 Å². The fraction of sp³-hybridized carbons (Fsp3) is 0.229. The number of aliphatic carboxylic acids is 2. The number of carbonyl (C=O) groups excluding carboxylic acids is 1. The number of nitrogens with one attached hydrogen (secondary N) is 1. The number of aliphatic imine (C=N–C) groups is 1. The minimum atomic E-state index is -4.76. The van der Waals surface area contributed by atoms with E-state index in [4.69, 9.17) is 0 Å². The van der Waals surface area contributed by atoms with E-state index in [1.54, 1.807) is 72.8 Å². The predicted octanol–water partition coefficient (Wildman–Crippen LogP) is 3.61. The summed E-state index contributed by atoms with van der Waals surface area (Å²) in [7, 11) is 0. The van der Waals surface area contributed by atoms with Crippen LogP contribution in [0.3, 0.4) is 0 Å². The normalized spacial score (nSPS) is 13.3. The Labute approximate surface area is 317 Å². The third-order valence-electron chi connectivity index (χ3n) is 6.55. The second-order valence-corrected chi connectivity index (χ2v) is 10.00. The van der Waals surface area contributed by atoms with Gasteiger partial charge >= 0.3 is 69.7 Å². The van der Waals surface area contributed by atoms with E-state index in [0.29, 0.717) is 11.1 Å². The second kappa shape index (κ2) is 20.2. The quantitative estimate of drug-likeness (QED) is 0.142. The summed E-state index contributed by atoms with van der Waals surface area (Å²) in [4.78, 5) is 26.0. The van der Waals surface area contributed by atoms with E-state index in [0.717, 1.165) is 0 Å². The van der Waals surface area contributed by atoms with E-state index in [2.05, 4.69) is 10.3 Å². The molecule has 0 aliphatic carbocycles. The first-order valence-electron chi connectivity index (χ1n) is 13.9. The molecule has 0 aliphatic rings. The van der Waals surface area contributed by atoms with Gasteiger partial charge in [0, 0.05) is 12.0 Å². The molecular weight excluding hydrogens is 665 g/mol. The molecule has 2 N–H and O–H groups in total. The number of carbonyl (C=O) groups is 2. The molecular formula is C35H33F6KN2O4. The van der Waals surface area contributed by atoms with E-state index in [1.165, 1.54) is 48.5 Å². The molecule has 48 heavy (non-hydrogen) atoms. The topological polar surface area (TPSA) is 102 Å². The van der Waals surface area contributed by atoms with E-state index in [1.807, 2.05) is 0 Å². The Hall–Kier alpha value is -3.33. The summed E-state index contributed by atoms with van der Waals surface area (Å²) < 4.78 is 79.6. The van der Waals surface area contributed by atoms with Crippen molar-refractivity contribution in [2.45, 2.75) is 50.7 Å². The smallest absolute Gasteiger partial charge is 0.548 e. The molecule has 0 aliphatic heterocycles. The molecule has 250 valence electrons. The number of carboxylic acids is 2. The van der Waals surface area contributed by atoms with Crippen molar-refractivity contribution in [1.29, 1.82) is 0 Å². The van der Waals surface area contributed by atoms with Crippen LogP contribution in [0.25, 0.3) is 0 Å². The molecule has 0 bridgehead atoms. The zero-order valence-corrected chi connectivity index (χ0v) is 28.2. The Kier molecular flexibility index (Phi) is 18.0. The maximum absolute atomic E-state index is 13.3. The van der Waals surface area contributed by atoms with E-state index in [9.17, 15) is 46.1 Å². The van der Waals surface area contributed by atoms with Gasteiger partial charge in [-0.2, -0.15) is 26.3 Å². The number of benzene rings is 4. The molecule has 0 fully saturated rings. The third kappa shape index (κ3) is 14.0. The SMILES string of the molecule is C.O=C(O)[C@H](Cc1ccccc1)N[C@@H](c1ccccc1)C(F)(F)F.O=C([O-])[C@H](Cc1ccccc1)N=C(c1ccccc1)C(F)(F)F.[K+]. The Morgan fingerprint density at radius 1 is 0.708 bits per heavy atom. The van der Waals surface area contributed by atoms with Crippen LogP contribution in [0.4, 0.5) is 26.3 Å². The van der Waals surface area contributed by atoms with Gasteiger partial charge in [-0.05, 0) is 23.1 Å². The number of hydrogen-bond acceptors (Lipinski definition) is 5. The molecule has 0 heterocycles. The maximum Gasteiger partial charge on any atom is 1.00 e. The Morgan fingerprint density at radius 2 is 1.12 bits per heavy atom. The first kappa shape index (κ1) is 42.7. The van der Waals surface area contributed by atoms with Gasteiger partial charge < -0.3 is 15.0 Å². The fourth-order valence-corrected chi connectivity index (χ4v) is 4.38. The molecule has 13 heteroatoms. The predicted molar refractivity (Wildman–Crippen MR) is 165 cm³/mol. The molecule has 0 saturated heterocycles. The molecule has 0 aromatic heterocycles. The Bertz CT molecular complexity index is 1560. The minimum Gasteiger partial charge on any atom is -0.548 e. The van der Waals surface area contributed by atoms with Gasteiger partial charge in [-0.3, -0.25) is 15.1 Å². The summed E-state index contributed by atoms with van der Waals surface area (Å²) in [5, 5.41) is 22.7. The van der Waals surface area contributed by atoms with Gasteiger partial charge in [0.1, 0.15) is 17.8 Å². The molecule has 0 unspecified atom stereocenters. The molecule has 4 rings (SSSR count). The summed E-state index contributed by atoms with van der Waals surface area (Å²) in [6.07, 6.45) is -9.55. The molecule has 4 aromatic rings. The summed E-state index contributed by atoms with van der Waals surface area (Å²) in [5.41, 5.74) is -0.191. The van der Waals surface area contributed by atoms with Gasteiger partial charge in [0.25, 0.3) is 0 Å². The van der Waals surface area contributed by atoms with Crippen molar-refractivity contribution in [1.82, 2.24) is 5.32 Å². The van der Waals surface area contributed by atoms with Crippen molar-refractivity contribution >= 4 is 17.7 Å². The van der Waals surface area contributed by atoms with Crippen LogP contribution in [-0.2, 0) is 22.4 Å². The average molecular weight is 699 g/mol. The summed E-state index contributed by atoms with van der Waals surface area (Å²) in [6.45, 7) is 0. The van der Waals surface area contributed by atoms with Crippen LogP contribution in [0.2, 0.25) is 0 Å². The van der Waals surface area contributed by atoms with Crippen LogP contribution in [-0.4, -0.2) is 47.2 Å². The van der Waals surface area contributed by atoms with Gasteiger partial charge in [-0.15, -0.1) is 0 Å². The number of carboxylic acid groups (broad SMARTS) is 2. The van der Waals surface area contributed by atoms with Crippen LogP contribution < -0.4 is 61.8 Å². The first-order valence-corrected chi connectivity index (χ1v) is 13.9. The molecule has 0 saturated carbocycles. The van der Waals surface area contributed by atoms with Crippen molar-refractivity contribution < 1.29 is 97.5 Å². The van der Waals surface area contributed by atoms with Crippen LogP contribution in [0.1, 0.15) is 35.7 Å². The van der Waals surface area contributed by atoms with Crippen molar-refractivity contribution in [3.63, 3.8) is 0 Å². The standard InChI is InChI=1S/C17H16F3NO2.C17H14F3NO2.CH4.K/c2*18-17(19,20)15(13-9-5-2-6-10-13)21-14(16(22)23)11-12-7-3-1-4-8-12;;/h1-10,14-15,21H,11H2,(H,22,23);1-10,14H,11H2,(H,22,23);1H4;/q;;;+1/p-1/t14-,15-;14-;;/m00../s1. The van der Waals surface area contributed by atoms with E-state index in [-0.39, 0.29) is 82.8 Å². The van der Waals surface area contributed by atoms with Gasteiger partial charge in [0.2, 0.25) is 0 Å². The van der Waals surface area contributed by atoms with Gasteiger partial charge in [-0.25, -0.2) is 0 Å². The van der Waals surface area contributed by atoms with Crippen LogP contribution in [0.5, 0.6) is 0 Å². The summed E-state index contributed by atoms with van der Waals surface area (Å²) >= 11 is 0. The summed E-state index contributed by atoms with van der Waals surface area (Å²) in [5.74, 6) is -2.97. The number of hydrogen-bond donors (Lipinski definition) is 2. The largest absolute Gasteiger partial charge is 1.00 e. The van der Waals surface area contributed by atoms with Gasteiger partial charge in [0.15, 0.2) is 0 Å². The minimum absolute atomic E-state index is 0. The number of alkyl halides is 6. The molecule has 3 atom stereocenters. The molecule has 6 nitrogen and oxygen atoms in total. The van der Waals surface area contributed by atoms with Crippen LogP contribution >= 0.6 is 0 Å². The molecule has 0 amide bonds. The molecule has 4 aromatic carbocycles. The third-order valence-corrected chi connectivity index (χ3v) is 6.55. The van der Waals surface area contributed by atoms with Crippen LogP contribution in [0.15, 0.2) is 126 Å². The average Bonchev–Trinajstić information content (AvgIpc) is 3.02. The van der Waals surface area contributed by atoms with E-state index < -0.39 is 48.1 Å².